The van der Waals surface area contributed by atoms with Crippen LogP contribution in [0.25, 0.3) is 11.1 Å². The fraction of sp³-hybridized carbons (Fsp3) is 0.312. The van der Waals surface area contributed by atoms with Crippen molar-refractivity contribution in [2.45, 2.75) is 11.8 Å². The van der Waals surface area contributed by atoms with Crippen LogP contribution in [0.3, 0.4) is 0 Å². The van der Waals surface area contributed by atoms with Gasteiger partial charge in [0.15, 0.2) is 0 Å². The minimum atomic E-state index is -3.43. The minimum Gasteiger partial charge on any atom is -0.379 e. The normalized spacial score (nSPS) is 16.6. The second-order valence-electron chi connectivity index (χ2n) is 5.18. The van der Waals surface area contributed by atoms with Crippen molar-refractivity contribution in [3.05, 3.63) is 48.3 Å². The Hall–Kier alpha value is -1.76. The third-order valence-corrected chi connectivity index (χ3v) is 5.69. The number of benzene rings is 1. The molecule has 0 unspecified atom stereocenters. The molecule has 1 aromatic heterocycles. The van der Waals surface area contributed by atoms with Gasteiger partial charge in [-0.2, -0.15) is 4.31 Å². The monoisotopic (exact) mass is 318 g/mol. The van der Waals surface area contributed by atoms with Crippen molar-refractivity contribution < 1.29 is 13.2 Å². The average molecular weight is 318 g/mol. The quantitative estimate of drug-likeness (QED) is 0.869. The maximum Gasteiger partial charge on any atom is 0.243 e. The van der Waals surface area contributed by atoms with Crippen molar-refractivity contribution in [2.75, 3.05) is 26.3 Å². The number of rotatable bonds is 3. The van der Waals surface area contributed by atoms with Crippen LogP contribution in [-0.4, -0.2) is 44.0 Å². The molecule has 5 nitrogen and oxygen atoms in total. The van der Waals surface area contributed by atoms with Gasteiger partial charge in [-0.25, -0.2) is 8.42 Å². The zero-order valence-electron chi connectivity index (χ0n) is 12.4. The van der Waals surface area contributed by atoms with Crippen LogP contribution in [0.2, 0.25) is 0 Å². The van der Waals surface area contributed by atoms with E-state index in [-0.39, 0.29) is 0 Å². The van der Waals surface area contributed by atoms with Gasteiger partial charge in [0.25, 0.3) is 0 Å². The highest BCUT2D eigenvalue weighted by Gasteiger charge is 2.26. The second-order valence-corrected chi connectivity index (χ2v) is 7.12. The Kier molecular flexibility index (Phi) is 4.24. The molecule has 0 amide bonds. The Morgan fingerprint density at radius 3 is 2.41 bits per heavy atom. The highest BCUT2D eigenvalue weighted by molar-refractivity contribution is 7.89. The van der Waals surface area contributed by atoms with Gasteiger partial charge in [0.2, 0.25) is 10.0 Å². The zero-order chi connectivity index (χ0) is 15.6. The first-order valence-electron chi connectivity index (χ1n) is 7.19. The smallest absolute Gasteiger partial charge is 0.243 e. The van der Waals surface area contributed by atoms with E-state index in [1.165, 1.54) is 4.31 Å². The third kappa shape index (κ3) is 2.90. The summed E-state index contributed by atoms with van der Waals surface area (Å²) in [7, 11) is -3.43. The van der Waals surface area contributed by atoms with Gasteiger partial charge < -0.3 is 4.74 Å². The summed E-state index contributed by atoms with van der Waals surface area (Å²) in [5.41, 5.74) is 2.90. The first-order valence-corrected chi connectivity index (χ1v) is 8.63. The molecule has 0 atom stereocenters. The Balaban J connectivity index is 1.89. The van der Waals surface area contributed by atoms with E-state index in [9.17, 15) is 8.42 Å². The lowest BCUT2D eigenvalue weighted by atomic mass is 10.1. The van der Waals surface area contributed by atoms with Crippen LogP contribution in [0.15, 0.2) is 47.5 Å². The summed E-state index contributed by atoms with van der Waals surface area (Å²) >= 11 is 0. The van der Waals surface area contributed by atoms with Crippen LogP contribution >= 0.6 is 0 Å². The van der Waals surface area contributed by atoms with Crippen LogP contribution in [-0.2, 0) is 14.8 Å². The van der Waals surface area contributed by atoms with Crippen LogP contribution in [0.5, 0.6) is 0 Å². The van der Waals surface area contributed by atoms with Crippen LogP contribution < -0.4 is 0 Å². The van der Waals surface area contributed by atoms with E-state index in [2.05, 4.69) is 4.98 Å². The summed E-state index contributed by atoms with van der Waals surface area (Å²) in [4.78, 5) is 4.58. The molecule has 1 aliphatic heterocycles. The van der Waals surface area contributed by atoms with Gasteiger partial charge in [-0.05, 0) is 30.7 Å². The predicted molar refractivity (Wildman–Crippen MR) is 84.0 cm³/mol. The number of aryl methyl sites for hydroxylation is 1. The summed E-state index contributed by atoms with van der Waals surface area (Å²) < 4.78 is 31.8. The van der Waals surface area contributed by atoms with Crippen molar-refractivity contribution in [3.63, 3.8) is 0 Å². The lowest BCUT2D eigenvalue weighted by molar-refractivity contribution is 0.0730. The number of nitrogens with zero attached hydrogens (tertiary/aromatic N) is 2. The van der Waals surface area contributed by atoms with Gasteiger partial charge in [-0.1, -0.05) is 18.2 Å². The van der Waals surface area contributed by atoms with E-state index < -0.39 is 10.0 Å². The van der Waals surface area contributed by atoms with Gasteiger partial charge in [0.05, 0.1) is 18.1 Å². The Bertz CT molecular complexity index is 751. The molecule has 1 fully saturated rings. The topological polar surface area (TPSA) is 59.5 Å². The van der Waals surface area contributed by atoms with Gasteiger partial charge in [-0.15, -0.1) is 0 Å². The van der Waals surface area contributed by atoms with Crippen LogP contribution in [0.1, 0.15) is 5.69 Å². The summed E-state index contributed by atoms with van der Waals surface area (Å²) in [5, 5.41) is 0. The molecule has 0 spiro atoms. The molecule has 0 bridgehead atoms. The average Bonchev–Trinajstić information content (AvgIpc) is 2.56. The molecule has 1 aliphatic rings. The molecule has 0 N–H and O–H groups in total. The first kappa shape index (κ1) is 15.1. The Morgan fingerprint density at radius 2 is 1.77 bits per heavy atom. The number of morpholine rings is 1. The molecular formula is C16H18N2O3S. The largest absolute Gasteiger partial charge is 0.379 e. The molecule has 2 aromatic rings. The van der Waals surface area contributed by atoms with Crippen molar-refractivity contribution in [1.29, 1.82) is 0 Å². The van der Waals surface area contributed by atoms with Crippen molar-refractivity contribution in [3.8, 4) is 11.1 Å². The molecule has 1 aromatic carbocycles. The van der Waals surface area contributed by atoms with Gasteiger partial charge in [0.1, 0.15) is 0 Å². The minimum absolute atomic E-state index is 0.319. The van der Waals surface area contributed by atoms with E-state index in [0.717, 1.165) is 16.8 Å². The van der Waals surface area contributed by atoms with Gasteiger partial charge >= 0.3 is 0 Å². The molecule has 0 aliphatic carbocycles. The Labute approximate surface area is 130 Å². The summed E-state index contributed by atoms with van der Waals surface area (Å²) in [6, 6.07) is 10.8. The number of ether oxygens (including phenoxy) is 1. The second kappa shape index (κ2) is 6.16. The maximum absolute atomic E-state index is 12.6. The molecular weight excluding hydrogens is 300 g/mol. The summed E-state index contributed by atoms with van der Waals surface area (Å²) in [5.74, 6) is 0. The van der Waals surface area contributed by atoms with Crippen LogP contribution in [0.4, 0.5) is 0 Å². The number of sulfonamides is 1. The molecule has 0 saturated carbocycles. The fourth-order valence-corrected chi connectivity index (χ4v) is 3.94. The molecule has 3 rings (SSSR count). The summed E-state index contributed by atoms with van der Waals surface area (Å²) in [6.45, 7) is 3.66. The van der Waals surface area contributed by atoms with Crippen molar-refractivity contribution >= 4 is 10.0 Å². The van der Waals surface area contributed by atoms with Crippen molar-refractivity contribution in [1.82, 2.24) is 9.29 Å². The lowest BCUT2D eigenvalue weighted by Crippen LogP contribution is -2.40. The lowest BCUT2D eigenvalue weighted by Gasteiger charge is -2.26. The number of pyridine rings is 1. The van der Waals surface area contributed by atoms with E-state index in [1.807, 2.05) is 31.2 Å². The molecule has 116 valence electrons. The molecule has 1 saturated heterocycles. The SMILES string of the molecule is Cc1ncccc1-c1ccc(S(=O)(=O)N2CCOCC2)cc1. The maximum atomic E-state index is 12.6. The van der Waals surface area contributed by atoms with E-state index in [0.29, 0.717) is 31.2 Å². The van der Waals surface area contributed by atoms with Gasteiger partial charge in [-0.3, -0.25) is 4.98 Å². The first-order chi connectivity index (χ1) is 10.6. The standard InChI is InChI=1S/C16H18N2O3S/c1-13-16(3-2-8-17-13)14-4-6-15(7-5-14)22(19,20)18-9-11-21-12-10-18/h2-8H,9-12H2,1H3. The number of aromatic nitrogens is 1. The molecule has 0 radical (unpaired) electrons. The Morgan fingerprint density at radius 1 is 1.09 bits per heavy atom. The predicted octanol–water partition coefficient (Wildman–Crippen LogP) is 2.08. The van der Waals surface area contributed by atoms with E-state index >= 15 is 0 Å². The van der Waals surface area contributed by atoms with Crippen LogP contribution in [0, 0.1) is 6.92 Å². The highest BCUT2D eigenvalue weighted by Crippen LogP contribution is 2.24. The fourth-order valence-electron chi connectivity index (χ4n) is 2.53. The van der Waals surface area contributed by atoms with E-state index in [4.69, 9.17) is 4.74 Å². The van der Waals surface area contributed by atoms with Crippen molar-refractivity contribution in [2.24, 2.45) is 0 Å². The van der Waals surface area contributed by atoms with E-state index in [1.54, 1.807) is 18.3 Å². The molecule has 2 heterocycles. The third-order valence-electron chi connectivity index (χ3n) is 3.78. The number of hydrogen-bond acceptors (Lipinski definition) is 4. The summed E-state index contributed by atoms with van der Waals surface area (Å²) in [6.07, 6.45) is 1.75. The molecule has 6 heteroatoms. The number of hydrogen-bond donors (Lipinski definition) is 0. The molecule has 22 heavy (non-hydrogen) atoms. The van der Waals surface area contributed by atoms with Gasteiger partial charge in [0, 0.05) is 30.5 Å². The zero-order valence-corrected chi connectivity index (χ0v) is 13.2. The highest BCUT2D eigenvalue weighted by atomic mass is 32.2.